The molecule has 1 aliphatic heterocycles. The third-order valence-electron chi connectivity index (χ3n) is 4.07. The third kappa shape index (κ3) is 2.97. The van der Waals surface area contributed by atoms with Gasteiger partial charge in [0.05, 0.1) is 5.69 Å². The Labute approximate surface area is 115 Å². The van der Waals surface area contributed by atoms with Crippen LogP contribution in [0.1, 0.15) is 30.3 Å². The second-order valence-corrected chi connectivity index (χ2v) is 5.41. The number of hydrogen-bond donors (Lipinski definition) is 1. The molecule has 5 nitrogen and oxygen atoms in total. The summed E-state index contributed by atoms with van der Waals surface area (Å²) in [5.74, 6) is 0.261. The lowest BCUT2D eigenvalue weighted by atomic mass is 10.1. The highest BCUT2D eigenvalue weighted by molar-refractivity contribution is 5.77. The fourth-order valence-corrected chi connectivity index (χ4v) is 2.77. The van der Waals surface area contributed by atoms with Crippen LogP contribution in [0.2, 0.25) is 0 Å². The van der Waals surface area contributed by atoms with Crippen molar-refractivity contribution in [3.05, 3.63) is 17.0 Å². The van der Waals surface area contributed by atoms with Crippen molar-refractivity contribution in [1.82, 2.24) is 20.0 Å². The first kappa shape index (κ1) is 14.1. The number of aryl methyl sites for hydroxylation is 2. The quantitative estimate of drug-likeness (QED) is 0.878. The second kappa shape index (κ2) is 5.74. The van der Waals surface area contributed by atoms with E-state index in [1.807, 2.05) is 23.6 Å². The number of nitrogens with zero attached hydrogens (tertiary/aromatic N) is 3. The van der Waals surface area contributed by atoms with E-state index in [2.05, 4.69) is 24.3 Å². The van der Waals surface area contributed by atoms with Crippen LogP contribution in [-0.4, -0.2) is 46.3 Å². The second-order valence-electron chi connectivity index (χ2n) is 5.41. The standard InChI is InChI=1S/C14H24N4O/c1-10-9-15-7-8-18(10)14(19)6-5-13-11(2)16-17(4)12(13)3/h10,15H,5-9H2,1-4H3. The highest BCUT2D eigenvalue weighted by Gasteiger charge is 2.23. The molecule has 1 aromatic rings. The Morgan fingerprint density at radius 1 is 1.47 bits per heavy atom. The van der Waals surface area contributed by atoms with E-state index < -0.39 is 0 Å². The zero-order valence-corrected chi connectivity index (χ0v) is 12.4. The summed E-state index contributed by atoms with van der Waals surface area (Å²) in [7, 11) is 1.95. The lowest BCUT2D eigenvalue weighted by Gasteiger charge is -2.34. The SMILES string of the molecule is Cc1nn(C)c(C)c1CCC(=O)N1CCNCC1C. The lowest BCUT2D eigenvalue weighted by Crippen LogP contribution is -2.52. The number of carbonyl (C=O) groups is 1. The van der Waals surface area contributed by atoms with Crippen LogP contribution in [0.4, 0.5) is 0 Å². The van der Waals surface area contributed by atoms with Crippen LogP contribution in [0.3, 0.4) is 0 Å². The molecule has 0 spiro atoms. The van der Waals surface area contributed by atoms with E-state index in [0.29, 0.717) is 12.5 Å². The van der Waals surface area contributed by atoms with Gasteiger partial charge in [0, 0.05) is 44.8 Å². The predicted molar refractivity (Wildman–Crippen MR) is 75.0 cm³/mol. The summed E-state index contributed by atoms with van der Waals surface area (Å²) < 4.78 is 1.89. The Hall–Kier alpha value is -1.36. The molecule has 0 aromatic carbocycles. The fraction of sp³-hybridized carbons (Fsp3) is 0.714. The monoisotopic (exact) mass is 264 g/mol. The van der Waals surface area contributed by atoms with Crippen molar-refractivity contribution < 1.29 is 4.79 Å². The van der Waals surface area contributed by atoms with E-state index in [1.54, 1.807) is 0 Å². The minimum atomic E-state index is 0.261. The van der Waals surface area contributed by atoms with Crippen molar-refractivity contribution in [1.29, 1.82) is 0 Å². The molecular weight excluding hydrogens is 240 g/mol. The first-order chi connectivity index (χ1) is 9.00. The molecule has 2 heterocycles. The van der Waals surface area contributed by atoms with Crippen molar-refractivity contribution in [2.24, 2.45) is 7.05 Å². The molecule has 1 atom stereocenters. The van der Waals surface area contributed by atoms with Crippen LogP contribution >= 0.6 is 0 Å². The van der Waals surface area contributed by atoms with E-state index in [0.717, 1.165) is 31.7 Å². The molecule has 1 unspecified atom stereocenters. The molecule has 5 heteroatoms. The van der Waals surface area contributed by atoms with E-state index in [-0.39, 0.29) is 5.91 Å². The van der Waals surface area contributed by atoms with Gasteiger partial charge in [-0.1, -0.05) is 0 Å². The summed E-state index contributed by atoms with van der Waals surface area (Å²) in [4.78, 5) is 14.3. The largest absolute Gasteiger partial charge is 0.337 e. The predicted octanol–water partition coefficient (Wildman–Crippen LogP) is 0.790. The molecule has 0 radical (unpaired) electrons. The Kier molecular flexibility index (Phi) is 4.24. The maximum absolute atomic E-state index is 12.3. The van der Waals surface area contributed by atoms with Gasteiger partial charge in [0.2, 0.25) is 5.91 Å². The van der Waals surface area contributed by atoms with E-state index in [9.17, 15) is 4.79 Å². The molecule has 1 fully saturated rings. The minimum Gasteiger partial charge on any atom is -0.337 e. The topological polar surface area (TPSA) is 50.2 Å². The van der Waals surface area contributed by atoms with Gasteiger partial charge in [-0.2, -0.15) is 5.10 Å². The molecule has 106 valence electrons. The molecule has 19 heavy (non-hydrogen) atoms. The average Bonchev–Trinajstić information content (AvgIpc) is 2.61. The Morgan fingerprint density at radius 2 is 2.21 bits per heavy atom. The van der Waals surface area contributed by atoms with E-state index in [4.69, 9.17) is 0 Å². The molecular formula is C14H24N4O. The van der Waals surface area contributed by atoms with Crippen LogP contribution in [0.25, 0.3) is 0 Å². The van der Waals surface area contributed by atoms with Gasteiger partial charge in [0.25, 0.3) is 0 Å². The Morgan fingerprint density at radius 3 is 2.79 bits per heavy atom. The Balaban J connectivity index is 1.96. The molecule has 0 bridgehead atoms. The summed E-state index contributed by atoms with van der Waals surface area (Å²) in [6.45, 7) is 8.81. The van der Waals surface area contributed by atoms with Crippen LogP contribution in [-0.2, 0) is 18.3 Å². The van der Waals surface area contributed by atoms with Gasteiger partial charge in [0.15, 0.2) is 0 Å². The van der Waals surface area contributed by atoms with E-state index >= 15 is 0 Å². The number of amides is 1. The van der Waals surface area contributed by atoms with Crippen LogP contribution in [0.15, 0.2) is 0 Å². The highest BCUT2D eigenvalue weighted by Crippen LogP contribution is 2.15. The zero-order valence-electron chi connectivity index (χ0n) is 12.4. The van der Waals surface area contributed by atoms with Gasteiger partial charge < -0.3 is 10.2 Å². The average molecular weight is 264 g/mol. The van der Waals surface area contributed by atoms with Gasteiger partial charge >= 0.3 is 0 Å². The number of nitrogens with one attached hydrogen (secondary N) is 1. The van der Waals surface area contributed by atoms with Crippen LogP contribution in [0, 0.1) is 13.8 Å². The van der Waals surface area contributed by atoms with Crippen molar-refractivity contribution in [2.75, 3.05) is 19.6 Å². The van der Waals surface area contributed by atoms with Gasteiger partial charge in [-0.25, -0.2) is 0 Å². The lowest BCUT2D eigenvalue weighted by molar-refractivity contribution is -0.133. The van der Waals surface area contributed by atoms with Crippen molar-refractivity contribution in [2.45, 2.75) is 39.7 Å². The minimum absolute atomic E-state index is 0.261. The number of piperazine rings is 1. The van der Waals surface area contributed by atoms with Gasteiger partial charge in [-0.05, 0) is 32.8 Å². The molecule has 1 aromatic heterocycles. The maximum atomic E-state index is 12.3. The fourth-order valence-electron chi connectivity index (χ4n) is 2.77. The number of rotatable bonds is 3. The third-order valence-corrected chi connectivity index (χ3v) is 4.07. The summed E-state index contributed by atoms with van der Waals surface area (Å²) in [6, 6.07) is 0.303. The molecule has 1 amide bonds. The first-order valence-electron chi connectivity index (χ1n) is 7.00. The van der Waals surface area contributed by atoms with Crippen LogP contribution < -0.4 is 5.32 Å². The molecule has 1 saturated heterocycles. The van der Waals surface area contributed by atoms with Gasteiger partial charge in [0.1, 0.15) is 0 Å². The molecule has 1 aliphatic rings. The number of carbonyl (C=O) groups excluding carboxylic acids is 1. The number of aromatic nitrogens is 2. The normalized spacial score (nSPS) is 19.8. The van der Waals surface area contributed by atoms with Crippen molar-refractivity contribution in [3.63, 3.8) is 0 Å². The summed E-state index contributed by atoms with van der Waals surface area (Å²) in [5, 5.41) is 7.71. The number of hydrogen-bond acceptors (Lipinski definition) is 3. The molecule has 1 N–H and O–H groups in total. The summed E-state index contributed by atoms with van der Waals surface area (Å²) in [5.41, 5.74) is 3.43. The Bertz CT molecular complexity index is 466. The summed E-state index contributed by atoms with van der Waals surface area (Å²) in [6.07, 6.45) is 1.37. The van der Waals surface area contributed by atoms with Crippen LogP contribution in [0.5, 0.6) is 0 Å². The summed E-state index contributed by atoms with van der Waals surface area (Å²) >= 11 is 0. The van der Waals surface area contributed by atoms with Gasteiger partial charge in [-0.3, -0.25) is 9.48 Å². The van der Waals surface area contributed by atoms with Gasteiger partial charge in [-0.15, -0.1) is 0 Å². The smallest absolute Gasteiger partial charge is 0.223 e. The molecule has 0 saturated carbocycles. The first-order valence-corrected chi connectivity index (χ1v) is 7.00. The van der Waals surface area contributed by atoms with Crippen molar-refractivity contribution >= 4 is 5.91 Å². The molecule has 2 rings (SSSR count). The van der Waals surface area contributed by atoms with E-state index in [1.165, 1.54) is 11.3 Å². The van der Waals surface area contributed by atoms with Crippen molar-refractivity contribution in [3.8, 4) is 0 Å². The molecule has 0 aliphatic carbocycles. The zero-order chi connectivity index (χ0) is 14.0. The highest BCUT2D eigenvalue weighted by atomic mass is 16.2. The maximum Gasteiger partial charge on any atom is 0.223 e.